The number of rotatable bonds is 5. The molecule has 1 aliphatic carbocycles. The molecule has 2 N–H and O–H groups in total. The second kappa shape index (κ2) is 7.78. The molecule has 2 aromatic heterocycles. The standard InChI is InChI=1S/C21H24N4O2/c26-20(24-19-13-22-10-11-23-19)18(12-15-6-2-1-3-7-15)25-14-16-8-4-5-9-17(16)21(25)27/h4-5,8-11,13-15,18,27H,1-3,6-7,12H2,(H,23,24,26)/t18-/m0/s1. The fourth-order valence-electron chi connectivity index (χ4n) is 4.06. The summed E-state index contributed by atoms with van der Waals surface area (Å²) in [5, 5.41) is 15.3. The Kier molecular flexibility index (Phi) is 5.05. The van der Waals surface area contributed by atoms with Gasteiger partial charge >= 0.3 is 0 Å². The lowest BCUT2D eigenvalue weighted by Crippen LogP contribution is -2.28. The molecule has 0 spiro atoms. The molecule has 0 aliphatic heterocycles. The highest BCUT2D eigenvalue weighted by Gasteiger charge is 2.28. The highest BCUT2D eigenvalue weighted by molar-refractivity contribution is 5.95. The quantitative estimate of drug-likeness (QED) is 0.708. The molecule has 6 heteroatoms. The van der Waals surface area contributed by atoms with Crippen molar-refractivity contribution in [3.8, 4) is 5.88 Å². The van der Waals surface area contributed by atoms with Crippen molar-refractivity contribution in [3.05, 3.63) is 49.1 Å². The number of carbonyl (C=O) groups is 1. The lowest BCUT2D eigenvalue weighted by molar-refractivity contribution is -0.120. The van der Waals surface area contributed by atoms with E-state index in [9.17, 15) is 9.90 Å². The van der Waals surface area contributed by atoms with E-state index in [1.54, 1.807) is 17.0 Å². The summed E-state index contributed by atoms with van der Waals surface area (Å²) in [6.45, 7) is 0. The molecule has 4 rings (SSSR count). The molecule has 0 saturated heterocycles. The number of amides is 1. The van der Waals surface area contributed by atoms with E-state index in [0.29, 0.717) is 18.2 Å². The largest absolute Gasteiger partial charge is 0.494 e. The third-order valence-electron chi connectivity index (χ3n) is 5.46. The van der Waals surface area contributed by atoms with Crippen LogP contribution >= 0.6 is 0 Å². The Hall–Kier alpha value is -2.89. The zero-order valence-electron chi connectivity index (χ0n) is 15.2. The predicted molar refractivity (Wildman–Crippen MR) is 104 cm³/mol. The van der Waals surface area contributed by atoms with Gasteiger partial charge in [0, 0.05) is 29.4 Å². The van der Waals surface area contributed by atoms with Crippen LogP contribution in [-0.2, 0) is 4.79 Å². The molecule has 0 radical (unpaired) electrons. The van der Waals surface area contributed by atoms with E-state index in [2.05, 4.69) is 15.3 Å². The van der Waals surface area contributed by atoms with Crippen molar-refractivity contribution >= 4 is 22.5 Å². The van der Waals surface area contributed by atoms with Crippen molar-refractivity contribution < 1.29 is 9.90 Å². The molecule has 0 bridgehead atoms. The van der Waals surface area contributed by atoms with E-state index < -0.39 is 6.04 Å². The van der Waals surface area contributed by atoms with E-state index in [1.165, 1.54) is 25.5 Å². The summed E-state index contributed by atoms with van der Waals surface area (Å²) in [7, 11) is 0. The molecule has 1 saturated carbocycles. The van der Waals surface area contributed by atoms with E-state index >= 15 is 0 Å². The van der Waals surface area contributed by atoms with E-state index in [0.717, 1.165) is 23.6 Å². The third-order valence-corrected chi connectivity index (χ3v) is 5.46. The average Bonchev–Trinajstić information content (AvgIpc) is 3.04. The third kappa shape index (κ3) is 3.79. The van der Waals surface area contributed by atoms with Gasteiger partial charge in [-0.15, -0.1) is 0 Å². The van der Waals surface area contributed by atoms with Crippen LogP contribution in [-0.4, -0.2) is 25.5 Å². The van der Waals surface area contributed by atoms with Crippen LogP contribution in [0.4, 0.5) is 5.82 Å². The van der Waals surface area contributed by atoms with Gasteiger partial charge in [-0.05, 0) is 18.4 Å². The Balaban J connectivity index is 1.65. The highest BCUT2D eigenvalue weighted by Crippen LogP contribution is 2.36. The number of nitrogens with zero attached hydrogens (tertiary/aromatic N) is 3. The Morgan fingerprint density at radius 1 is 1.22 bits per heavy atom. The van der Waals surface area contributed by atoms with Crippen LogP contribution in [0, 0.1) is 5.92 Å². The molecule has 2 heterocycles. The summed E-state index contributed by atoms with van der Waals surface area (Å²) in [6.07, 6.45) is 13.2. The zero-order valence-corrected chi connectivity index (χ0v) is 15.2. The fraction of sp³-hybridized carbons (Fsp3) is 0.381. The molecule has 27 heavy (non-hydrogen) atoms. The first-order valence-corrected chi connectivity index (χ1v) is 9.58. The van der Waals surface area contributed by atoms with Gasteiger partial charge < -0.3 is 15.0 Å². The summed E-state index contributed by atoms with van der Waals surface area (Å²) in [5.41, 5.74) is 0. The van der Waals surface area contributed by atoms with E-state index in [1.807, 2.05) is 30.5 Å². The molecule has 140 valence electrons. The summed E-state index contributed by atoms with van der Waals surface area (Å²) in [6, 6.07) is 7.16. The molecular weight excluding hydrogens is 340 g/mol. The van der Waals surface area contributed by atoms with Crippen molar-refractivity contribution in [2.45, 2.75) is 44.6 Å². The summed E-state index contributed by atoms with van der Waals surface area (Å²) in [4.78, 5) is 21.2. The van der Waals surface area contributed by atoms with Gasteiger partial charge in [-0.25, -0.2) is 4.98 Å². The summed E-state index contributed by atoms with van der Waals surface area (Å²) in [5.74, 6) is 0.881. The van der Waals surface area contributed by atoms with Gasteiger partial charge in [-0.3, -0.25) is 9.78 Å². The minimum Gasteiger partial charge on any atom is -0.494 e. The SMILES string of the molecule is O=C(Nc1cnccn1)[C@H](CC1CCCCC1)n1cc2ccccc2c1O. The maximum atomic E-state index is 13.1. The van der Waals surface area contributed by atoms with Crippen LogP contribution in [0.5, 0.6) is 5.88 Å². The van der Waals surface area contributed by atoms with Gasteiger partial charge in [0.15, 0.2) is 11.7 Å². The Morgan fingerprint density at radius 3 is 2.78 bits per heavy atom. The first-order chi connectivity index (χ1) is 13.2. The number of benzene rings is 1. The first-order valence-electron chi connectivity index (χ1n) is 9.58. The van der Waals surface area contributed by atoms with Gasteiger partial charge in [-0.1, -0.05) is 50.3 Å². The van der Waals surface area contributed by atoms with Gasteiger partial charge in [0.1, 0.15) is 6.04 Å². The topological polar surface area (TPSA) is 80.0 Å². The van der Waals surface area contributed by atoms with Crippen LogP contribution in [0.2, 0.25) is 0 Å². The van der Waals surface area contributed by atoms with Crippen LogP contribution < -0.4 is 5.32 Å². The van der Waals surface area contributed by atoms with Gasteiger partial charge in [0.05, 0.1) is 6.20 Å². The predicted octanol–water partition coefficient (Wildman–Crippen LogP) is 4.29. The van der Waals surface area contributed by atoms with Crippen molar-refractivity contribution in [2.75, 3.05) is 5.32 Å². The van der Waals surface area contributed by atoms with Gasteiger partial charge in [0.25, 0.3) is 0 Å². The summed E-state index contributed by atoms with van der Waals surface area (Å²) >= 11 is 0. The minimum absolute atomic E-state index is 0.140. The molecule has 0 unspecified atom stereocenters. The van der Waals surface area contributed by atoms with Crippen molar-refractivity contribution in [3.63, 3.8) is 0 Å². The maximum Gasteiger partial charge on any atom is 0.248 e. The Morgan fingerprint density at radius 2 is 2.04 bits per heavy atom. The van der Waals surface area contributed by atoms with E-state index in [-0.39, 0.29) is 11.8 Å². The number of hydrogen-bond donors (Lipinski definition) is 2. The lowest BCUT2D eigenvalue weighted by atomic mass is 9.84. The number of hydrogen-bond acceptors (Lipinski definition) is 4. The van der Waals surface area contributed by atoms with Crippen molar-refractivity contribution in [1.29, 1.82) is 0 Å². The maximum absolute atomic E-state index is 13.1. The van der Waals surface area contributed by atoms with Crippen LogP contribution in [0.25, 0.3) is 10.8 Å². The lowest BCUT2D eigenvalue weighted by Gasteiger charge is -2.27. The van der Waals surface area contributed by atoms with Gasteiger partial charge in [-0.2, -0.15) is 0 Å². The smallest absolute Gasteiger partial charge is 0.248 e. The number of fused-ring (bicyclic) bond motifs is 1. The number of aromatic nitrogens is 3. The highest BCUT2D eigenvalue weighted by atomic mass is 16.3. The molecule has 1 fully saturated rings. The molecule has 3 aromatic rings. The fourth-order valence-corrected chi connectivity index (χ4v) is 4.06. The van der Waals surface area contributed by atoms with Crippen LogP contribution in [0.1, 0.15) is 44.6 Å². The summed E-state index contributed by atoms with van der Waals surface area (Å²) < 4.78 is 1.71. The second-order valence-corrected chi connectivity index (χ2v) is 7.28. The molecular formula is C21H24N4O2. The average molecular weight is 364 g/mol. The number of nitrogens with one attached hydrogen (secondary N) is 1. The molecule has 1 atom stereocenters. The molecule has 1 aliphatic rings. The van der Waals surface area contributed by atoms with E-state index in [4.69, 9.17) is 0 Å². The number of anilines is 1. The minimum atomic E-state index is -0.484. The molecule has 6 nitrogen and oxygen atoms in total. The Labute approximate surface area is 158 Å². The molecule has 1 amide bonds. The molecule has 1 aromatic carbocycles. The zero-order chi connectivity index (χ0) is 18.6. The van der Waals surface area contributed by atoms with Crippen LogP contribution in [0.3, 0.4) is 0 Å². The number of carbonyl (C=O) groups excluding carboxylic acids is 1. The van der Waals surface area contributed by atoms with Crippen molar-refractivity contribution in [1.82, 2.24) is 14.5 Å². The Bertz CT molecular complexity index is 916. The van der Waals surface area contributed by atoms with Crippen LogP contribution in [0.15, 0.2) is 49.1 Å². The second-order valence-electron chi connectivity index (χ2n) is 7.28. The van der Waals surface area contributed by atoms with Crippen molar-refractivity contribution in [2.24, 2.45) is 5.92 Å². The van der Waals surface area contributed by atoms with Gasteiger partial charge in [0.2, 0.25) is 5.91 Å². The monoisotopic (exact) mass is 364 g/mol. The normalized spacial score (nSPS) is 16.3. The first kappa shape index (κ1) is 17.5. The number of aromatic hydroxyl groups is 1.